The topological polar surface area (TPSA) is 101 Å². The van der Waals surface area contributed by atoms with Crippen molar-refractivity contribution in [2.45, 2.75) is 6.54 Å². The summed E-state index contributed by atoms with van der Waals surface area (Å²) in [6.07, 6.45) is 1.68. The number of hydrogen-bond acceptors (Lipinski definition) is 5. The monoisotopic (exact) mass is 345 g/mol. The molecule has 0 spiro atoms. The lowest BCUT2D eigenvalue weighted by Gasteiger charge is -2.06. The average Bonchev–Trinajstić information content (AvgIpc) is 3.35. The quantitative estimate of drug-likeness (QED) is 0.578. The highest BCUT2D eigenvalue weighted by Crippen LogP contribution is 2.20. The second-order valence-corrected chi connectivity index (χ2v) is 5.61. The minimum Gasteiger partial charge on any atom is -0.324 e. The van der Waals surface area contributed by atoms with Gasteiger partial charge in [-0.15, -0.1) is 10.2 Å². The van der Waals surface area contributed by atoms with Gasteiger partial charge in [0, 0.05) is 23.0 Å². The first kappa shape index (κ1) is 15.7. The number of amides is 1. The van der Waals surface area contributed by atoms with Crippen LogP contribution in [0.15, 0.2) is 66.9 Å². The molecule has 2 N–H and O–H groups in total. The molecule has 0 aliphatic rings. The van der Waals surface area contributed by atoms with Crippen LogP contribution in [0.4, 0.5) is 5.69 Å². The number of nitrogens with zero attached hydrogens (tertiary/aromatic N) is 5. The minimum absolute atomic E-state index is 0.0197. The lowest BCUT2D eigenvalue weighted by atomic mass is 10.1. The smallest absolute Gasteiger partial charge is 0.248 e. The molecule has 0 unspecified atom stereocenters. The molecule has 0 saturated carbocycles. The van der Waals surface area contributed by atoms with Gasteiger partial charge in [0.25, 0.3) is 0 Å². The first-order valence-corrected chi connectivity index (χ1v) is 8.01. The fourth-order valence-electron chi connectivity index (χ4n) is 2.52. The van der Waals surface area contributed by atoms with Crippen LogP contribution in [0.25, 0.3) is 22.6 Å². The van der Waals surface area contributed by atoms with Crippen LogP contribution in [-0.4, -0.2) is 36.3 Å². The van der Waals surface area contributed by atoms with Gasteiger partial charge in [-0.1, -0.05) is 42.5 Å². The Balaban J connectivity index is 1.43. The van der Waals surface area contributed by atoms with E-state index in [9.17, 15) is 4.79 Å². The number of tetrazole rings is 1. The number of rotatable bonds is 5. The largest absolute Gasteiger partial charge is 0.324 e. The molecule has 1 amide bonds. The van der Waals surface area contributed by atoms with Crippen molar-refractivity contribution in [3.8, 4) is 22.6 Å². The van der Waals surface area contributed by atoms with E-state index in [4.69, 9.17) is 0 Å². The van der Waals surface area contributed by atoms with Gasteiger partial charge in [-0.05, 0) is 23.4 Å². The Bertz CT molecular complexity index is 1010. The molecule has 4 aromatic rings. The number of carbonyl (C=O) groups is 1. The second-order valence-electron chi connectivity index (χ2n) is 5.61. The Kier molecular flexibility index (Phi) is 4.21. The van der Waals surface area contributed by atoms with Crippen molar-refractivity contribution >= 4 is 11.6 Å². The SMILES string of the molecule is O=C(Cn1nnc(-c2ccccc2)n1)Nc1cccc(-c2ccn[nH]2)c1. The summed E-state index contributed by atoms with van der Waals surface area (Å²) >= 11 is 0. The maximum atomic E-state index is 12.3. The number of anilines is 1. The third-order valence-electron chi connectivity index (χ3n) is 3.73. The molecule has 8 heteroatoms. The van der Waals surface area contributed by atoms with Gasteiger partial charge in [-0.3, -0.25) is 9.89 Å². The molecule has 26 heavy (non-hydrogen) atoms. The van der Waals surface area contributed by atoms with Gasteiger partial charge >= 0.3 is 0 Å². The molecule has 0 aliphatic heterocycles. The van der Waals surface area contributed by atoms with Crippen LogP contribution >= 0.6 is 0 Å². The van der Waals surface area contributed by atoms with Gasteiger partial charge in [0.1, 0.15) is 6.54 Å². The molecule has 4 rings (SSSR count). The van der Waals surface area contributed by atoms with Gasteiger partial charge < -0.3 is 5.32 Å². The molecule has 0 aliphatic carbocycles. The van der Waals surface area contributed by atoms with Crippen molar-refractivity contribution in [3.63, 3.8) is 0 Å². The summed E-state index contributed by atoms with van der Waals surface area (Å²) in [6.45, 7) is -0.0197. The van der Waals surface area contributed by atoms with E-state index in [1.165, 1.54) is 4.80 Å². The summed E-state index contributed by atoms with van der Waals surface area (Å²) in [4.78, 5) is 13.5. The molecule has 2 aromatic heterocycles. The van der Waals surface area contributed by atoms with Gasteiger partial charge in [-0.2, -0.15) is 9.90 Å². The standard InChI is InChI=1S/C18H15N7O/c26-17(12-25-23-18(22-24-25)13-5-2-1-3-6-13)20-15-8-4-7-14(11-15)16-9-10-19-21-16/h1-11H,12H2,(H,19,21)(H,20,26). The number of carbonyl (C=O) groups excluding carboxylic acids is 1. The third-order valence-corrected chi connectivity index (χ3v) is 3.73. The number of hydrogen-bond donors (Lipinski definition) is 2. The van der Waals surface area contributed by atoms with E-state index in [0.29, 0.717) is 11.5 Å². The lowest BCUT2D eigenvalue weighted by molar-refractivity contribution is -0.117. The summed E-state index contributed by atoms with van der Waals surface area (Å²) in [5.41, 5.74) is 3.36. The fourth-order valence-corrected chi connectivity index (χ4v) is 2.52. The zero-order valence-corrected chi connectivity index (χ0v) is 13.7. The predicted molar refractivity (Wildman–Crippen MR) is 95.9 cm³/mol. The van der Waals surface area contributed by atoms with E-state index >= 15 is 0 Å². The van der Waals surface area contributed by atoms with Gasteiger partial charge in [0.05, 0.1) is 5.69 Å². The van der Waals surface area contributed by atoms with E-state index in [-0.39, 0.29) is 12.5 Å². The van der Waals surface area contributed by atoms with Crippen molar-refractivity contribution < 1.29 is 4.79 Å². The normalized spacial score (nSPS) is 10.6. The van der Waals surface area contributed by atoms with E-state index in [1.54, 1.807) is 6.20 Å². The number of nitrogens with one attached hydrogen (secondary N) is 2. The molecule has 128 valence electrons. The third kappa shape index (κ3) is 3.48. The highest BCUT2D eigenvalue weighted by atomic mass is 16.2. The zero-order chi connectivity index (χ0) is 17.8. The zero-order valence-electron chi connectivity index (χ0n) is 13.7. The Hall–Kier alpha value is -3.81. The van der Waals surface area contributed by atoms with Crippen molar-refractivity contribution in [1.82, 2.24) is 30.4 Å². The summed E-state index contributed by atoms with van der Waals surface area (Å²) < 4.78 is 0. The summed E-state index contributed by atoms with van der Waals surface area (Å²) in [5.74, 6) is 0.253. The van der Waals surface area contributed by atoms with Gasteiger partial charge in [0.15, 0.2) is 0 Å². The van der Waals surface area contributed by atoms with Crippen LogP contribution in [0.1, 0.15) is 0 Å². The van der Waals surface area contributed by atoms with Crippen molar-refractivity contribution in [3.05, 3.63) is 66.9 Å². The summed E-state index contributed by atoms with van der Waals surface area (Å²) in [6, 6.07) is 18.9. The number of aromatic nitrogens is 6. The first-order chi connectivity index (χ1) is 12.8. The molecular weight excluding hydrogens is 330 g/mol. The number of benzene rings is 2. The minimum atomic E-state index is -0.233. The van der Waals surface area contributed by atoms with E-state index < -0.39 is 0 Å². The van der Waals surface area contributed by atoms with Crippen molar-refractivity contribution in [1.29, 1.82) is 0 Å². The Morgan fingerprint density at radius 3 is 2.69 bits per heavy atom. The highest BCUT2D eigenvalue weighted by molar-refractivity contribution is 5.91. The summed E-state index contributed by atoms with van der Waals surface area (Å²) in [7, 11) is 0. The average molecular weight is 345 g/mol. The molecule has 2 aromatic carbocycles. The Morgan fingerprint density at radius 1 is 1.04 bits per heavy atom. The van der Waals surface area contributed by atoms with Gasteiger partial charge in [0.2, 0.25) is 11.7 Å². The van der Waals surface area contributed by atoms with Gasteiger partial charge in [-0.25, -0.2) is 0 Å². The Morgan fingerprint density at radius 2 is 1.88 bits per heavy atom. The van der Waals surface area contributed by atoms with E-state index in [1.807, 2.05) is 60.7 Å². The molecule has 0 bridgehead atoms. The van der Waals surface area contributed by atoms with E-state index in [0.717, 1.165) is 16.8 Å². The fraction of sp³-hybridized carbons (Fsp3) is 0.0556. The molecule has 8 nitrogen and oxygen atoms in total. The Labute approximate surface area is 148 Å². The number of aromatic amines is 1. The van der Waals surface area contributed by atoms with Crippen LogP contribution < -0.4 is 5.32 Å². The van der Waals surface area contributed by atoms with Crippen LogP contribution in [-0.2, 0) is 11.3 Å². The van der Waals surface area contributed by atoms with Crippen LogP contribution in [0, 0.1) is 0 Å². The van der Waals surface area contributed by atoms with Crippen LogP contribution in [0.5, 0.6) is 0 Å². The van der Waals surface area contributed by atoms with Crippen LogP contribution in [0.3, 0.4) is 0 Å². The molecular formula is C18H15N7O. The maximum Gasteiger partial charge on any atom is 0.248 e. The van der Waals surface area contributed by atoms with E-state index in [2.05, 4.69) is 30.9 Å². The second kappa shape index (κ2) is 6.98. The molecule has 0 radical (unpaired) electrons. The highest BCUT2D eigenvalue weighted by Gasteiger charge is 2.10. The first-order valence-electron chi connectivity index (χ1n) is 8.01. The molecule has 0 saturated heterocycles. The molecule has 0 atom stereocenters. The number of H-pyrrole nitrogens is 1. The molecule has 0 fully saturated rings. The molecule has 2 heterocycles. The predicted octanol–water partition coefficient (Wildman–Crippen LogP) is 2.37. The van der Waals surface area contributed by atoms with Crippen LogP contribution in [0.2, 0.25) is 0 Å². The summed E-state index contributed by atoms with van der Waals surface area (Å²) in [5, 5.41) is 21.8. The maximum absolute atomic E-state index is 12.3. The van der Waals surface area contributed by atoms with Crippen molar-refractivity contribution in [2.75, 3.05) is 5.32 Å². The van der Waals surface area contributed by atoms with Crippen molar-refractivity contribution in [2.24, 2.45) is 0 Å². The lowest BCUT2D eigenvalue weighted by Crippen LogP contribution is -2.20.